The van der Waals surface area contributed by atoms with E-state index in [1.54, 1.807) is 13.8 Å². The molecule has 0 aromatic heterocycles. The average molecular weight is 253 g/mol. The van der Waals surface area contributed by atoms with Crippen LogP contribution in [0.15, 0.2) is 18.2 Å². The molecule has 90 valence electrons. The molecule has 0 atom stereocenters. The van der Waals surface area contributed by atoms with Gasteiger partial charge in [-0.3, -0.25) is 4.79 Å². The number of ketones is 1. The molecule has 0 saturated heterocycles. The molecule has 1 aromatic rings. The van der Waals surface area contributed by atoms with E-state index in [0.717, 1.165) is 23.3 Å². The first-order chi connectivity index (χ1) is 7.84. The van der Waals surface area contributed by atoms with E-state index in [1.807, 2.05) is 13.0 Å². The molecule has 0 saturated carbocycles. The maximum atomic E-state index is 11.8. The summed E-state index contributed by atoms with van der Waals surface area (Å²) in [6.07, 6.45) is 1.87. The minimum Gasteiger partial charge on any atom is -0.478 e. The van der Waals surface area contributed by atoms with Crippen LogP contribution in [0.2, 0.25) is 5.02 Å². The summed E-state index contributed by atoms with van der Waals surface area (Å²) >= 11 is 6.07. The van der Waals surface area contributed by atoms with Crippen molar-refractivity contribution in [2.24, 2.45) is 0 Å². The molecule has 1 N–H and O–H groups in total. The number of aliphatic carboxylic acids is 1. The van der Waals surface area contributed by atoms with E-state index >= 15 is 0 Å². The number of hydrogen-bond acceptors (Lipinski definition) is 2. The van der Waals surface area contributed by atoms with E-state index in [2.05, 4.69) is 0 Å². The third-order valence-electron chi connectivity index (χ3n) is 2.50. The fourth-order valence-electron chi connectivity index (χ4n) is 1.77. The molecule has 1 rings (SSSR count). The van der Waals surface area contributed by atoms with Gasteiger partial charge in [-0.1, -0.05) is 17.7 Å². The molecule has 1 aromatic carbocycles. The first-order valence-corrected chi connectivity index (χ1v) is 5.44. The van der Waals surface area contributed by atoms with Crippen molar-refractivity contribution in [3.05, 3.63) is 45.5 Å². The zero-order chi connectivity index (χ0) is 13.2. The number of carbonyl (C=O) groups is 2. The summed E-state index contributed by atoms with van der Waals surface area (Å²) in [5, 5.41) is 9.03. The smallest absolute Gasteiger partial charge is 0.328 e. The van der Waals surface area contributed by atoms with E-state index in [0.29, 0.717) is 16.1 Å². The van der Waals surface area contributed by atoms with Gasteiger partial charge in [-0.25, -0.2) is 4.79 Å². The molecule has 0 amide bonds. The summed E-state index contributed by atoms with van der Waals surface area (Å²) in [5.74, 6) is -1.49. The molecule has 0 fully saturated rings. The fourth-order valence-corrected chi connectivity index (χ4v) is 1.92. The number of halogens is 1. The quantitative estimate of drug-likeness (QED) is 0.664. The second-order valence-corrected chi connectivity index (χ2v) is 4.24. The van der Waals surface area contributed by atoms with Crippen molar-refractivity contribution < 1.29 is 14.7 Å². The van der Waals surface area contributed by atoms with Crippen LogP contribution in [0.25, 0.3) is 0 Å². The van der Waals surface area contributed by atoms with Gasteiger partial charge >= 0.3 is 5.97 Å². The van der Waals surface area contributed by atoms with Gasteiger partial charge in [0.05, 0.1) is 0 Å². The van der Waals surface area contributed by atoms with Crippen LogP contribution in [0, 0.1) is 20.8 Å². The van der Waals surface area contributed by atoms with Crippen molar-refractivity contribution in [3.8, 4) is 0 Å². The normalized spacial score (nSPS) is 10.8. The van der Waals surface area contributed by atoms with Crippen LogP contribution in [-0.2, 0) is 4.79 Å². The molecular formula is C13H13ClO3. The maximum absolute atomic E-state index is 11.8. The minimum atomic E-state index is -1.15. The van der Waals surface area contributed by atoms with E-state index in [1.165, 1.54) is 0 Å². The second-order valence-electron chi connectivity index (χ2n) is 3.86. The lowest BCUT2D eigenvalue weighted by Crippen LogP contribution is -2.04. The van der Waals surface area contributed by atoms with Gasteiger partial charge < -0.3 is 5.11 Å². The molecule has 0 spiro atoms. The molecule has 0 aliphatic carbocycles. The van der Waals surface area contributed by atoms with Crippen molar-refractivity contribution in [1.82, 2.24) is 0 Å². The van der Waals surface area contributed by atoms with Gasteiger partial charge in [0.1, 0.15) is 0 Å². The predicted molar refractivity (Wildman–Crippen MR) is 66.8 cm³/mol. The molecule has 0 radical (unpaired) electrons. The lowest BCUT2D eigenvalue weighted by Gasteiger charge is -2.11. The lowest BCUT2D eigenvalue weighted by atomic mass is 9.96. The van der Waals surface area contributed by atoms with Crippen molar-refractivity contribution in [1.29, 1.82) is 0 Å². The van der Waals surface area contributed by atoms with Crippen molar-refractivity contribution in [2.75, 3.05) is 0 Å². The Kier molecular flexibility index (Phi) is 4.07. The molecule has 0 bridgehead atoms. The summed E-state index contributed by atoms with van der Waals surface area (Å²) < 4.78 is 0. The van der Waals surface area contributed by atoms with Gasteiger partial charge in [0, 0.05) is 16.7 Å². The Morgan fingerprint density at radius 1 is 1.18 bits per heavy atom. The zero-order valence-corrected chi connectivity index (χ0v) is 10.6. The van der Waals surface area contributed by atoms with Gasteiger partial charge in [0.2, 0.25) is 0 Å². The Morgan fingerprint density at radius 3 is 2.29 bits per heavy atom. The average Bonchev–Trinajstić information content (AvgIpc) is 2.23. The number of carbonyl (C=O) groups excluding carboxylic acids is 1. The van der Waals surface area contributed by atoms with E-state index in [4.69, 9.17) is 16.7 Å². The van der Waals surface area contributed by atoms with Crippen molar-refractivity contribution in [3.63, 3.8) is 0 Å². The summed E-state index contributed by atoms with van der Waals surface area (Å²) in [4.78, 5) is 22.2. The second kappa shape index (κ2) is 5.15. The monoisotopic (exact) mass is 252 g/mol. The van der Waals surface area contributed by atoms with Gasteiger partial charge in [0.25, 0.3) is 0 Å². The Balaban J connectivity index is 3.28. The Hall–Kier alpha value is -1.61. The summed E-state index contributed by atoms with van der Waals surface area (Å²) in [5.41, 5.74) is 2.85. The van der Waals surface area contributed by atoms with E-state index in [9.17, 15) is 9.59 Å². The van der Waals surface area contributed by atoms with Gasteiger partial charge in [-0.2, -0.15) is 0 Å². The fraction of sp³-hybridized carbons (Fsp3) is 0.231. The SMILES string of the molecule is Cc1cc(C)c(C(=O)/C=C/C(=O)O)c(C)c1Cl. The number of carboxylic acid groups (broad SMARTS) is 1. The molecule has 0 unspecified atom stereocenters. The highest BCUT2D eigenvalue weighted by Crippen LogP contribution is 2.27. The number of allylic oxidation sites excluding steroid dienone is 1. The highest BCUT2D eigenvalue weighted by atomic mass is 35.5. The molecule has 0 aliphatic heterocycles. The number of rotatable bonds is 3. The number of benzene rings is 1. The molecule has 3 nitrogen and oxygen atoms in total. The molecule has 17 heavy (non-hydrogen) atoms. The van der Waals surface area contributed by atoms with Crippen LogP contribution in [0.1, 0.15) is 27.0 Å². The summed E-state index contributed by atoms with van der Waals surface area (Å²) in [6.45, 7) is 5.42. The summed E-state index contributed by atoms with van der Waals surface area (Å²) in [6, 6.07) is 1.82. The molecule has 0 heterocycles. The lowest BCUT2D eigenvalue weighted by molar-refractivity contribution is -0.131. The third kappa shape index (κ3) is 2.94. The Bertz CT molecular complexity index is 516. The standard InChI is InChI=1S/C13H13ClO3/c1-7-6-8(2)13(14)9(3)12(7)10(15)4-5-11(16)17/h4-6H,1-3H3,(H,16,17)/b5-4+. The molecule has 4 heteroatoms. The van der Waals surface area contributed by atoms with E-state index < -0.39 is 5.97 Å². The van der Waals surface area contributed by atoms with Crippen molar-refractivity contribution >= 4 is 23.4 Å². The highest BCUT2D eigenvalue weighted by Gasteiger charge is 2.14. The van der Waals surface area contributed by atoms with E-state index in [-0.39, 0.29) is 5.78 Å². The van der Waals surface area contributed by atoms with Crippen LogP contribution in [0.5, 0.6) is 0 Å². The first kappa shape index (κ1) is 13.5. The van der Waals surface area contributed by atoms with Gasteiger partial charge in [0.15, 0.2) is 5.78 Å². The van der Waals surface area contributed by atoms with Crippen LogP contribution < -0.4 is 0 Å². The van der Waals surface area contributed by atoms with Crippen molar-refractivity contribution in [2.45, 2.75) is 20.8 Å². The third-order valence-corrected chi connectivity index (χ3v) is 3.08. The van der Waals surface area contributed by atoms with Crippen LogP contribution >= 0.6 is 11.6 Å². The number of carboxylic acids is 1. The van der Waals surface area contributed by atoms with Crippen LogP contribution in [0.4, 0.5) is 0 Å². The summed E-state index contributed by atoms with van der Waals surface area (Å²) in [7, 11) is 0. The van der Waals surface area contributed by atoms with Crippen LogP contribution in [-0.4, -0.2) is 16.9 Å². The Morgan fingerprint density at radius 2 is 1.76 bits per heavy atom. The number of hydrogen-bond donors (Lipinski definition) is 1. The highest BCUT2D eigenvalue weighted by molar-refractivity contribution is 6.32. The minimum absolute atomic E-state index is 0.343. The van der Waals surface area contributed by atoms with Gasteiger partial charge in [-0.15, -0.1) is 0 Å². The number of aryl methyl sites for hydroxylation is 2. The van der Waals surface area contributed by atoms with Crippen LogP contribution in [0.3, 0.4) is 0 Å². The first-order valence-electron chi connectivity index (χ1n) is 5.06. The molecule has 0 aliphatic rings. The largest absolute Gasteiger partial charge is 0.478 e. The topological polar surface area (TPSA) is 54.4 Å². The molecular weight excluding hydrogens is 240 g/mol. The van der Waals surface area contributed by atoms with Gasteiger partial charge in [-0.05, 0) is 43.5 Å². The maximum Gasteiger partial charge on any atom is 0.328 e. The predicted octanol–water partition coefficient (Wildman–Crippen LogP) is 3.09. The zero-order valence-electron chi connectivity index (χ0n) is 9.87. The Labute approximate surface area is 105 Å².